The van der Waals surface area contributed by atoms with Gasteiger partial charge in [-0.1, -0.05) is 71.1 Å². The molecule has 0 bridgehead atoms. The maximum Gasteiger partial charge on any atom is 0.377 e. The van der Waals surface area contributed by atoms with Crippen LogP contribution in [0.1, 0.15) is 20.7 Å². The molecule has 0 aliphatic carbocycles. The van der Waals surface area contributed by atoms with E-state index in [4.69, 9.17) is 5.11 Å². The number of aliphatic carboxylic acids is 1. The first-order valence-corrected chi connectivity index (χ1v) is 23.2. The second kappa shape index (κ2) is 21.8. The number of hydrogen-bond donors (Lipinski definition) is 4. The first kappa shape index (κ1) is 48.6. The minimum absolute atomic E-state index is 0.00794. The number of nitrogens with zero attached hydrogens (tertiary/aromatic N) is 15. The summed E-state index contributed by atoms with van der Waals surface area (Å²) < 4.78 is 31.2. The Kier molecular flexibility index (Phi) is 14.1. The number of ketones is 2. The third-order valence-corrected chi connectivity index (χ3v) is 12.3. The highest BCUT2D eigenvalue weighted by molar-refractivity contribution is 6.45. The zero-order chi connectivity index (χ0) is 51.8. The Hall–Kier alpha value is -10.0. The van der Waals surface area contributed by atoms with Crippen LogP contribution < -0.4 is 15.1 Å². The van der Waals surface area contributed by atoms with Gasteiger partial charge >= 0.3 is 5.97 Å². The molecule has 2 aliphatic rings. The summed E-state index contributed by atoms with van der Waals surface area (Å²) in [6.07, 6.45) is 17.1. The fourth-order valence-corrected chi connectivity index (χ4v) is 8.71. The molecule has 10 aromatic rings. The standard InChI is InChI=1S/C25H20FN9O2.C14H16N4.C11H6FN5O3/c26-18-13-29-24(35-7-6-31-32-35)22-20(18)17(12-28-22)23(36)25(37)34-10-8-33(9-11-34)19-14-27-15-30-21(19)16-4-2-1-3-5-16;1-2-4-12(5-3-1)14-13(10-16-11-17-14)18-8-6-15-7-9-18;12-6-4-14-10(17-2-1-15-16-17)8-7(6)5(3-13-8)9(18)11(19)20/h1-7,12-15,28H,8-11H2;1-5,10-11,15H,6-9H2;1-4,13H,(H,19,20). The van der Waals surface area contributed by atoms with Crippen molar-refractivity contribution in [3.63, 3.8) is 0 Å². The molecule has 8 aromatic heterocycles. The largest absolute Gasteiger partial charge is 0.475 e. The summed E-state index contributed by atoms with van der Waals surface area (Å²) in [6, 6.07) is 20.1. The summed E-state index contributed by atoms with van der Waals surface area (Å²) in [6.45, 7) is 5.69. The molecule has 23 nitrogen and oxygen atoms in total. The minimum atomic E-state index is -1.66. The number of anilines is 2. The van der Waals surface area contributed by atoms with Crippen molar-refractivity contribution >= 4 is 56.6 Å². The van der Waals surface area contributed by atoms with Crippen LogP contribution in [0.4, 0.5) is 20.2 Å². The van der Waals surface area contributed by atoms with Crippen molar-refractivity contribution in [1.82, 2.24) is 80.1 Å². The van der Waals surface area contributed by atoms with Crippen LogP contribution in [-0.4, -0.2) is 156 Å². The fourth-order valence-electron chi connectivity index (χ4n) is 8.71. The molecular weight excluding hydrogens is 971 g/mol. The van der Waals surface area contributed by atoms with Gasteiger partial charge in [-0.3, -0.25) is 14.4 Å². The fraction of sp³-hybridized carbons (Fsp3) is 0.160. The van der Waals surface area contributed by atoms with Gasteiger partial charge in [0.2, 0.25) is 0 Å². The second-order valence-corrected chi connectivity index (χ2v) is 16.7. The van der Waals surface area contributed by atoms with Crippen molar-refractivity contribution in [3.05, 3.63) is 158 Å². The number of aromatic amines is 2. The number of pyridine rings is 2. The number of carboxylic acid groups (broad SMARTS) is 1. The highest BCUT2D eigenvalue weighted by Crippen LogP contribution is 2.31. The highest BCUT2D eigenvalue weighted by Gasteiger charge is 2.31. The second-order valence-electron chi connectivity index (χ2n) is 16.7. The number of benzene rings is 2. The number of amides is 1. The average molecular weight is 1010 g/mol. The van der Waals surface area contributed by atoms with Crippen molar-refractivity contribution in [1.29, 1.82) is 0 Å². The van der Waals surface area contributed by atoms with Gasteiger partial charge in [0.25, 0.3) is 17.5 Å². The van der Waals surface area contributed by atoms with Crippen LogP contribution in [0.2, 0.25) is 0 Å². The van der Waals surface area contributed by atoms with E-state index in [0.717, 1.165) is 78.7 Å². The molecule has 0 radical (unpaired) electrons. The number of carbonyl (C=O) groups excluding carboxylic acids is 3. The molecule has 0 saturated carbocycles. The number of nitrogens with one attached hydrogen (secondary N) is 3. The maximum absolute atomic E-state index is 14.8. The van der Waals surface area contributed by atoms with Crippen molar-refractivity contribution in [2.75, 3.05) is 62.2 Å². The molecule has 2 fully saturated rings. The van der Waals surface area contributed by atoms with Gasteiger partial charge in [-0.15, -0.1) is 10.2 Å². The number of fused-ring (bicyclic) bond motifs is 2. The van der Waals surface area contributed by atoms with Gasteiger partial charge in [0.1, 0.15) is 12.7 Å². The van der Waals surface area contributed by atoms with E-state index < -0.39 is 35.1 Å². The van der Waals surface area contributed by atoms with Gasteiger partial charge < -0.3 is 35.1 Å². The number of Topliss-reactive ketones (excluding diaryl/α,β-unsaturated/α-hetero) is 2. The van der Waals surface area contributed by atoms with E-state index in [1.165, 1.54) is 45.4 Å². The van der Waals surface area contributed by atoms with Gasteiger partial charge in [-0.2, -0.15) is 0 Å². The van der Waals surface area contributed by atoms with E-state index in [0.29, 0.717) is 26.2 Å². The van der Waals surface area contributed by atoms with Crippen molar-refractivity contribution in [3.8, 4) is 34.2 Å². The SMILES string of the molecule is O=C(C(=O)N1CCN(c2cncnc2-c2ccccc2)CC1)c1c[nH]c2c(-n3ccnn3)ncc(F)c12.O=C(O)C(=O)c1c[nH]c2c(-n3ccnn3)ncc(F)c12.c1ccc(-c2ncncc2N2CCNCC2)cc1. The van der Waals surface area contributed by atoms with Gasteiger partial charge in [-0.25, -0.2) is 52.8 Å². The van der Waals surface area contributed by atoms with E-state index >= 15 is 0 Å². The molecular formula is C50H42F2N18O5. The molecule has 2 aliphatic heterocycles. The van der Waals surface area contributed by atoms with Crippen molar-refractivity contribution < 1.29 is 33.1 Å². The molecule has 12 rings (SSSR count). The Morgan fingerprint density at radius 2 is 1.03 bits per heavy atom. The number of rotatable bonds is 10. The van der Waals surface area contributed by atoms with Crippen LogP contribution in [0, 0.1) is 11.6 Å². The zero-order valence-electron chi connectivity index (χ0n) is 39.4. The highest BCUT2D eigenvalue weighted by atomic mass is 19.1. The molecule has 4 N–H and O–H groups in total. The molecule has 2 aromatic carbocycles. The summed E-state index contributed by atoms with van der Waals surface area (Å²) in [5.41, 5.74) is 6.03. The molecule has 75 heavy (non-hydrogen) atoms. The number of carbonyl (C=O) groups is 4. The predicted molar refractivity (Wildman–Crippen MR) is 267 cm³/mol. The zero-order valence-corrected chi connectivity index (χ0v) is 39.4. The summed E-state index contributed by atoms with van der Waals surface area (Å²) in [7, 11) is 0. The summed E-state index contributed by atoms with van der Waals surface area (Å²) in [5.74, 6) is -5.37. The van der Waals surface area contributed by atoms with E-state index in [2.05, 4.69) is 87.7 Å². The van der Waals surface area contributed by atoms with Crippen LogP contribution in [0.3, 0.4) is 0 Å². The van der Waals surface area contributed by atoms with Crippen molar-refractivity contribution in [2.24, 2.45) is 0 Å². The first-order chi connectivity index (χ1) is 36.7. The van der Waals surface area contributed by atoms with Crippen LogP contribution in [-0.2, 0) is 9.59 Å². The summed E-state index contributed by atoms with van der Waals surface area (Å²) in [5, 5.41) is 26.9. The minimum Gasteiger partial charge on any atom is -0.475 e. The molecule has 10 heterocycles. The Bertz CT molecular complexity index is 3640. The lowest BCUT2D eigenvalue weighted by Gasteiger charge is -2.36. The van der Waals surface area contributed by atoms with Crippen LogP contribution in [0.15, 0.2) is 135 Å². The molecule has 2 saturated heterocycles. The number of halogens is 2. The Morgan fingerprint density at radius 1 is 0.560 bits per heavy atom. The van der Waals surface area contributed by atoms with Crippen LogP contribution >= 0.6 is 0 Å². The van der Waals surface area contributed by atoms with Gasteiger partial charge in [-0.05, 0) is 0 Å². The Balaban J connectivity index is 0.000000142. The van der Waals surface area contributed by atoms with Gasteiger partial charge in [0.15, 0.2) is 23.3 Å². The van der Waals surface area contributed by atoms with E-state index in [-0.39, 0.29) is 44.6 Å². The van der Waals surface area contributed by atoms with Crippen molar-refractivity contribution in [2.45, 2.75) is 0 Å². The topological polar surface area (TPSA) is 281 Å². The monoisotopic (exact) mass is 1010 g/mol. The van der Waals surface area contributed by atoms with Crippen LogP contribution in [0.5, 0.6) is 0 Å². The molecule has 376 valence electrons. The van der Waals surface area contributed by atoms with E-state index in [1.807, 2.05) is 54.7 Å². The van der Waals surface area contributed by atoms with Crippen LogP contribution in [0.25, 0.3) is 56.0 Å². The normalized spacial score (nSPS) is 13.4. The number of piperazine rings is 2. The summed E-state index contributed by atoms with van der Waals surface area (Å²) in [4.78, 5) is 85.2. The smallest absolute Gasteiger partial charge is 0.377 e. The first-order valence-electron chi connectivity index (χ1n) is 23.2. The lowest BCUT2D eigenvalue weighted by molar-refractivity contribution is -0.131. The maximum atomic E-state index is 14.8. The molecule has 0 unspecified atom stereocenters. The van der Waals surface area contributed by atoms with E-state index in [9.17, 15) is 28.0 Å². The van der Waals surface area contributed by atoms with Gasteiger partial charge in [0.05, 0.1) is 105 Å². The lowest BCUT2D eigenvalue weighted by atomic mass is 10.1. The third kappa shape index (κ3) is 10.1. The number of carboxylic acids is 1. The number of hydrogen-bond acceptors (Lipinski definition) is 17. The van der Waals surface area contributed by atoms with E-state index in [1.54, 1.807) is 18.7 Å². The molecule has 0 spiro atoms. The number of H-pyrrole nitrogens is 2. The predicted octanol–water partition coefficient (Wildman–Crippen LogP) is 4.37. The Morgan fingerprint density at radius 3 is 1.48 bits per heavy atom. The van der Waals surface area contributed by atoms with Gasteiger partial charge in [0, 0.05) is 75.9 Å². The molecule has 25 heteroatoms. The number of aromatic nitrogens is 14. The summed E-state index contributed by atoms with van der Waals surface area (Å²) >= 11 is 0. The lowest BCUT2D eigenvalue weighted by Crippen LogP contribution is -2.50. The third-order valence-electron chi connectivity index (χ3n) is 12.3. The molecule has 1 amide bonds. The quantitative estimate of drug-likeness (QED) is 0.109. The molecule has 0 atom stereocenters. The Labute approximate surface area is 423 Å². The average Bonchev–Trinajstić information content (AvgIpc) is 4.34.